The van der Waals surface area contributed by atoms with Gasteiger partial charge in [-0.2, -0.15) is 0 Å². The molecule has 5 aliphatic rings. The first kappa shape index (κ1) is 24.8. The maximum atomic E-state index is 4.09. The molecule has 5 aliphatic carbocycles. The van der Waals surface area contributed by atoms with E-state index in [2.05, 4.69) is 146 Å². The molecular weight excluding hydrogens is 485 g/mol. The summed E-state index contributed by atoms with van der Waals surface area (Å²) >= 11 is 0. The average molecular weight is 525 g/mol. The van der Waals surface area contributed by atoms with Crippen LogP contribution in [0.2, 0.25) is 11.1 Å². The quantitative estimate of drug-likeness (QED) is 0.254. The summed E-state index contributed by atoms with van der Waals surface area (Å²) in [5.74, 6) is 4.25. The Morgan fingerprint density at radius 1 is 0.590 bits per heavy atom. The molecule has 0 heterocycles. The van der Waals surface area contributed by atoms with Gasteiger partial charge in [0.2, 0.25) is 0 Å². The zero-order valence-electron chi connectivity index (χ0n) is 22.8. The first-order chi connectivity index (χ1) is 19.3. The van der Waals surface area contributed by atoms with Crippen LogP contribution < -0.4 is 10.4 Å². The van der Waals surface area contributed by atoms with Crippen LogP contribution in [0.5, 0.6) is 0 Å². The molecule has 196 valence electrons. The summed E-state index contributed by atoms with van der Waals surface area (Å²) in [6.45, 7) is 4.09. The molecule has 0 amide bonds. The standard InChI is InChI=1S/C38H40Si/c1-2-3-16-28-27-37(34-24-13-10-21-31(28)34)39(29-17-6-4-7-18-29,30-19-8-5-9-20-30)38-35-25-14-11-22-32(35)33-23-12-15-26-36(33)38/h2,4-15,17-26,28,31-38H,1,3,16,27H2. The zero-order chi connectivity index (χ0) is 26.2. The lowest BCUT2D eigenvalue weighted by atomic mass is 9.83. The molecule has 8 atom stereocenters. The van der Waals surface area contributed by atoms with Crippen LogP contribution in [-0.4, -0.2) is 8.07 Å². The van der Waals surface area contributed by atoms with Gasteiger partial charge in [-0.3, -0.25) is 0 Å². The number of rotatable bonds is 7. The molecule has 8 unspecified atom stereocenters. The predicted molar refractivity (Wildman–Crippen MR) is 169 cm³/mol. The fourth-order valence-electron chi connectivity index (χ4n) is 9.58. The van der Waals surface area contributed by atoms with Gasteiger partial charge in [0.05, 0.1) is 0 Å². The molecule has 0 bridgehead atoms. The van der Waals surface area contributed by atoms with Gasteiger partial charge in [-0.25, -0.2) is 0 Å². The summed E-state index contributed by atoms with van der Waals surface area (Å²) < 4.78 is 0. The van der Waals surface area contributed by atoms with Crippen molar-refractivity contribution in [2.75, 3.05) is 0 Å². The summed E-state index contributed by atoms with van der Waals surface area (Å²) in [4.78, 5) is 0. The summed E-state index contributed by atoms with van der Waals surface area (Å²) in [5.41, 5.74) is 1.27. The molecule has 0 saturated heterocycles. The molecule has 39 heavy (non-hydrogen) atoms. The van der Waals surface area contributed by atoms with Gasteiger partial charge >= 0.3 is 0 Å². The molecule has 0 radical (unpaired) electrons. The van der Waals surface area contributed by atoms with Crippen molar-refractivity contribution in [1.82, 2.24) is 0 Å². The van der Waals surface area contributed by atoms with Crippen LogP contribution in [0, 0.1) is 41.4 Å². The van der Waals surface area contributed by atoms with Gasteiger partial charge in [0.1, 0.15) is 8.07 Å². The number of allylic oxidation sites excluding steroid dienone is 13. The zero-order valence-corrected chi connectivity index (χ0v) is 23.8. The first-order valence-corrected chi connectivity index (χ1v) is 17.3. The van der Waals surface area contributed by atoms with Crippen molar-refractivity contribution < 1.29 is 0 Å². The van der Waals surface area contributed by atoms with Crippen molar-refractivity contribution in [3.8, 4) is 0 Å². The second kappa shape index (κ2) is 10.4. The van der Waals surface area contributed by atoms with Crippen molar-refractivity contribution in [1.29, 1.82) is 0 Å². The monoisotopic (exact) mass is 524 g/mol. The maximum Gasteiger partial charge on any atom is 0.125 e. The van der Waals surface area contributed by atoms with Crippen LogP contribution in [0.3, 0.4) is 0 Å². The number of fused-ring (bicyclic) bond motifs is 4. The fraction of sp³-hybridized carbons (Fsp3) is 0.316. The summed E-state index contributed by atoms with van der Waals surface area (Å²) in [5, 5.41) is 3.28. The van der Waals surface area contributed by atoms with Crippen molar-refractivity contribution in [2.45, 2.75) is 30.3 Å². The van der Waals surface area contributed by atoms with E-state index in [0.29, 0.717) is 46.6 Å². The van der Waals surface area contributed by atoms with E-state index in [0.717, 1.165) is 12.3 Å². The highest BCUT2D eigenvalue weighted by atomic mass is 28.3. The molecule has 0 nitrogen and oxygen atoms in total. The molecule has 1 heteroatoms. The lowest BCUT2D eigenvalue weighted by molar-refractivity contribution is 0.396. The Labute approximate surface area is 236 Å². The lowest BCUT2D eigenvalue weighted by Gasteiger charge is -2.49. The summed E-state index contributed by atoms with van der Waals surface area (Å²) in [7, 11) is -2.37. The Morgan fingerprint density at radius 2 is 1.05 bits per heavy atom. The van der Waals surface area contributed by atoms with Gasteiger partial charge in [-0.1, -0.05) is 150 Å². The van der Waals surface area contributed by atoms with E-state index < -0.39 is 8.07 Å². The van der Waals surface area contributed by atoms with E-state index in [-0.39, 0.29) is 0 Å². The molecule has 2 aromatic rings. The Kier molecular flexibility index (Phi) is 6.65. The minimum atomic E-state index is -2.37. The van der Waals surface area contributed by atoms with Crippen molar-refractivity contribution >= 4 is 18.4 Å². The highest BCUT2D eigenvalue weighted by molar-refractivity contribution is 7.04. The Balaban J connectivity index is 1.49. The van der Waals surface area contributed by atoms with Gasteiger partial charge in [0.15, 0.2) is 0 Å². The summed E-state index contributed by atoms with van der Waals surface area (Å²) in [6, 6.07) is 23.8. The highest BCUT2D eigenvalue weighted by Crippen LogP contribution is 2.64. The van der Waals surface area contributed by atoms with Crippen molar-refractivity contribution in [2.24, 2.45) is 41.4 Å². The van der Waals surface area contributed by atoms with Gasteiger partial charge in [-0.05, 0) is 71.8 Å². The van der Waals surface area contributed by atoms with E-state index in [1.54, 1.807) is 10.4 Å². The predicted octanol–water partition coefficient (Wildman–Crippen LogP) is 8.06. The first-order valence-electron chi connectivity index (χ1n) is 15.1. The average Bonchev–Trinajstić information content (AvgIpc) is 3.55. The van der Waals surface area contributed by atoms with E-state index in [1.807, 2.05) is 0 Å². The molecule has 0 N–H and O–H groups in total. The van der Waals surface area contributed by atoms with Gasteiger partial charge in [0, 0.05) is 0 Å². The topological polar surface area (TPSA) is 0 Å². The molecule has 2 aromatic carbocycles. The van der Waals surface area contributed by atoms with Crippen LogP contribution in [0.25, 0.3) is 0 Å². The molecule has 0 aromatic heterocycles. The third-order valence-electron chi connectivity index (χ3n) is 10.9. The Morgan fingerprint density at radius 3 is 1.56 bits per heavy atom. The number of hydrogen-bond acceptors (Lipinski definition) is 0. The summed E-state index contributed by atoms with van der Waals surface area (Å²) in [6.07, 6.45) is 35.2. The second-order valence-corrected chi connectivity index (χ2v) is 16.7. The van der Waals surface area contributed by atoms with E-state index >= 15 is 0 Å². The molecule has 7 rings (SSSR count). The van der Waals surface area contributed by atoms with Crippen LogP contribution >= 0.6 is 0 Å². The van der Waals surface area contributed by atoms with Gasteiger partial charge in [0.25, 0.3) is 0 Å². The van der Waals surface area contributed by atoms with Crippen LogP contribution in [-0.2, 0) is 0 Å². The smallest absolute Gasteiger partial charge is 0.103 e. The normalized spacial score (nSPS) is 35.5. The molecule has 0 aliphatic heterocycles. The largest absolute Gasteiger partial charge is 0.125 e. The molecular formula is C38H40Si. The van der Waals surface area contributed by atoms with E-state index in [1.165, 1.54) is 12.8 Å². The lowest BCUT2D eigenvalue weighted by Crippen LogP contribution is -2.67. The van der Waals surface area contributed by atoms with Gasteiger partial charge < -0.3 is 0 Å². The van der Waals surface area contributed by atoms with Crippen molar-refractivity contribution in [3.63, 3.8) is 0 Å². The third-order valence-corrected chi connectivity index (χ3v) is 17.1. The second-order valence-electron chi connectivity index (χ2n) is 12.4. The number of benzene rings is 2. The van der Waals surface area contributed by atoms with Crippen LogP contribution in [0.1, 0.15) is 19.3 Å². The molecule has 2 saturated carbocycles. The van der Waals surface area contributed by atoms with Crippen molar-refractivity contribution in [3.05, 3.63) is 146 Å². The maximum absolute atomic E-state index is 4.09. The minimum Gasteiger partial charge on any atom is -0.103 e. The fourth-order valence-corrected chi connectivity index (χ4v) is 17.0. The van der Waals surface area contributed by atoms with Crippen LogP contribution in [0.4, 0.5) is 0 Å². The highest BCUT2D eigenvalue weighted by Gasteiger charge is 2.64. The van der Waals surface area contributed by atoms with E-state index in [4.69, 9.17) is 0 Å². The van der Waals surface area contributed by atoms with E-state index in [9.17, 15) is 0 Å². The Hall–Kier alpha value is -3.16. The van der Waals surface area contributed by atoms with Crippen LogP contribution in [0.15, 0.2) is 146 Å². The molecule has 0 spiro atoms. The minimum absolute atomic E-state index is 0.568. The Bertz CT molecular complexity index is 1280. The van der Waals surface area contributed by atoms with Gasteiger partial charge in [-0.15, -0.1) is 6.58 Å². The SMILES string of the molecule is C=CCCC1CC([Si](c2ccccc2)(c2ccccc2)C2C3C=CC=CC3C3C=CC=CC32)C2C=CC=CC12. The third kappa shape index (κ3) is 3.92. The molecule has 2 fully saturated rings. The number of hydrogen-bond donors (Lipinski definition) is 0.